The Morgan fingerprint density at radius 3 is 2.65 bits per heavy atom. The molecule has 1 aliphatic rings. The highest BCUT2D eigenvalue weighted by atomic mass is 16.3. The van der Waals surface area contributed by atoms with Gasteiger partial charge in [-0.3, -0.25) is 0 Å². The molecule has 1 aliphatic carbocycles. The first-order valence-corrected chi connectivity index (χ1v) is 7.85. The van der Waals surface area contributed by atoms with Crippen LogP contribution in [0.15, 0.2) is 30.3 Å². The van der Waals surface area contributed by atoms with Gasteiger partial charge in [-0.25, -0.2) is 0 Å². The summed E-state index contributed by atoms with van der Waals surface area (Å²) in [7, 11) is 0. The van der Waals surface area contributed by atoms with Crippen molar-refractivity contribution in [3.63, 3.8) is 0 Å². The van der Waals surface area contributed by atoms with Crippen molar-refractivity contribution in [3.8, 4) is 0 Å². The zero-order valence-corrected chi connectivity index (χ0v) is 12.5. The summed E-state index contributed by atoms with van der Waals surface area (Å²) in [6, 6.07) is 11.0. The van der Waals surface area contributed by atoms with E-state index in [1.807, 2.05) is 6.07 Å². The molecule has 0 spiro atoms. The Kier molecular flexibility index (Phi) is 5.58. The lowest BCUT2D eigenvalue weighted by molar-refractivity contribution is 0.177. The average molecular weight is 276 g/mol. The van der Waals surface area contributed by atoms with Crippen LogP contribution in [0.2, 0.25) is 0 Å². The van der Waals surface area contributed by atoms with Crippen molar-refractivity contribution in [2.75, 3.05) is 13.2 Å². The van der Waals surface area contributed by atoms with Crippen molar-refractivity contribution in [1.29, 1.82) is 0 Å². The van der Waals surface area contributed by atoms with Crippen LogP contribution in [0.25, 0.3) is 0 Å². The molecule has 0 bridgehead atoms. The van der Waals surface area contributed by atoms with Gasteiger partial charge in [-0.1, -0.05) is 43.7 Å². The second kappa shape index (κ2) is 7.21. The van der Waals surface area contributed by atoms with Gasteiger partial charge in [0.1, 0.15) is 0 Å². The Morgan fingerprint density at radius 1 is 1.30 bits per heavy atom. The van der Waals surface area contributed by atoms with Crippen LogP contribution < -0.4 is 11.1 Å². The van der Waals surface area contributed by atoms with Crippen molar-refractivity contribution in [2.24, 2.45) is 11.7 Å². The molecule has 1 fully saturated rings. The van der Waals surface area contributed by atoms with Crippen LogP contribution in [-0.4, -0.2) is 29.8 Å². The minimum Gasteiger partial charge on any atom is -0.396 e. The third kappa shape index (κ3) is 3.60. The summed E-state index contributed by atoms with van der Waals surface area (Å²) in [5.74, 6) is 0.392. The predicted molar refractivity (Wildman–Crippen MR) is 83.6 cm³/mol. The molecular weight excluding hydrogens is 248 g/mol. The molecule has 2 rings (SSSR count). The lowest BCUT2D eigenvalue weighted by Gasteiger charge is -2.37. The summed E-state index contributed by atoms with van der Waals surface area (Å²) in [6.45, 7) is 3.12. The van der Waals surface area contributed by atoms with E-state index in [2.05, 4.69) is 36.5 Å². The number of nitrogens with two attached hydrogens (primary N) is 1. The fraction of sp³-hybridized carbons (Fsp3) is 0.647. The molecule has 4 N–H and O–H groups in total. The fourth-order valence-corrected chi connectivity index (χ4v) is 3.38. The van der Waals surface area contributed by atoms with Gasteiger partial charge in [0.2, 0.25) is 0 Å². The molecule has 20 heavy (non-hydrogen) atoms. The maximum atomic E-state index is 9.50. The molecule has 0 saturated heterocycles. The molecule has 0 aromatic heterocycles. The van der Waals surface area contributed by atoms with Gasteiger partial charge in [0.15, 0.2) is 0 Å². The molecule has 3 atom stereocenters. The van der Waals surface area contributed by atoms with E-state index in [0.29, 0.717) is 18.5 Å². The molecule has 1 aromatic rings. The number of nitrogens with one attached hydrogen (secondary N) is 1. The van der Waals surface area contributed by atoms with Crippen LogP contribution in [0.4, 0.5) is 0 Å². The van der Waals surface area contributed by atoms with Crippen LogP contribution in [0, 0.1) is 5.92 Å². The van der Waals surface area contributed by atoms with Crippen molar-refractivity contribution in [2.45, 2.75) is 50.6 Å². The number of rotatable bonds is 7. The fourth-order valence-electron chi connectivity index (χ4n) is 3.38. The smallest absolute Gasteiger partial charge is 0.0474 e. The molecule has 3 heteroatoms. The molecule has 0 aliphatic heterocycles. The van der Waals surface area contributed by atoms with Crippen LogP contribution in [0.3, 0.4) is 0 Å². The van der Waals surface area contributed by atoms with E-state index in [1.165, 1.54) is 12.0 Å². The van der Waals surface area contributed by atoms with E-state index in [-0.39, 0.29) is 12.1 Å². The van der Waals surface area contributed by atoms with Gasteiger partial charge in [0.05, 0.1) is 0 Å². The van der Waals surface area contributed by atoms with E-state index in [9.17, 15) is 5.11 Å². The standard InChI is InChI=1S/C17H28N2O/c1-2-17(13-18,11-14-7-4-3-5-8-14)19-16-10-6-9-15(16)12-20/h3-5,7-8,15-16,19-20H,2,6,9-13,18H2,1H3. The highest BCUT2D eigenvalue weighted by molar-refractivity contribution is 5.18. The zero-order chi connectivity index (χ0) is 14.4. The molecule has 0 radical (unpaired) electrons. The van der Waals surface area contributed by atoms with E-state index in [4.69, 9.17) is 5.73 Å². The second-order valence-corrected chi connectivity index (χ2v) is 6.12. The van der Waals surface area contributed by atoms with Gasteiger partial charge in [-0.2, -0.15) is 0 Å². The predicted octanol–water partition coefficient (Wildman–Crippen LogP) is 2.09. The van der Waals surface area contributed by atoms with Crippen LogP contribution in [-0.2, 0) is 6.42 Å². The van der Waals surface area contributed by atoms with E-state index in [1.54, 1.807) is 0 Å². The molecule has 112 valence electrons. The Hall–Kier alpha value is -0.900. The maximum Gasteiger partial charge on any atom is 0.0474 e. The summed E-state index contributed by atoms with van der Waals surface area (Å²) in [5, 5.41) is 13.3. The maximum absolute atomic E-state index is 9.50. The van der Waals surface area contributed by atoms with Gasteiger partial charge in [-0.15, -0.1) is 0 Å². The summed E-state index contributed by atoms with van der Waals surface area (Å²) in [4.78, 5) is 0. The average Bonchev–Trinajstić information content (AvgIpc) is 2.94. The largest absolute Gasteiger partial charge is 0.396 e. The van der Waals surface area contributed by atoms with Crippen molar-refractivity contribution >= 4 is 0 Å². The minimum atomic E-state index is -0.0518. The first-order chi connectivity index (χ1) is 9.73. The molecule has 1 aromatic carbocycles. The first-order valence-electron chi connectivity index (χ1n) is 7.85. The van der Waals surface area contributed by atoms with Gasteiger partial charge in [0.25, 0.3) is 0 Å². The third-order valence-corrected chi connectivity index (χ3v) is 4.84. The van der Waals surface area contributed by atoms with Gasteiger partial charge >= 0.3 is 0 Å². The summed E-state index contributed by atoms with van der Waals surface area (Å²) in [5.41, 5.74) is 7.38. The van der Waals surface area contributed by atoms with Crippen LogP contribution in [0.5, 0.6) is 0 Å². The SMILES string of the molecule is CCC(CN)(Cc1ccccc1)NC1CCCC1CO. The van der Waals surface area contributed by atoms with Crippen molar-refractivity contribution < 1.29 is 5.11 Å². The van der Waals surface area contributed by atoms with E-state index < -0.39 is 0 Å². The Bertz CT molecular complexity index is 389. The normalized spacial score (nSPS) is 25.6. The van der Waals surface area contributed by atoms with Gasteiger partial charge < -0.3 is 16.2 Å². The molecule has 0 amide bonds. The Labute approximate surface area is 122 Å². The Balaban J connectivity index is 2.08. The lowest BCUT2D eigenvalue weighted by Crippen LogP contribution is -2.57. The number of benzene rings is 1. The van der Waals surface area contributed by atoms with Gasteiger partial charge in [-0.05, 0) is 37.2 Å². The minimum absolute atomic E-state index is 0.0518. The second-order valence-electron chi connectivity index (χ2n) is 6.12. The highest BCUT2D eigenvalue weighted by Crippen LogP contribution is 2.28. The number of aliphatic hydroxyl groups is 1. The summed E-state index contributed by atoms with van der Waals surface area (Å²) in [6.07, 6.45) is 5.45. The molecule has 3 unspecified atom stereocenters. The summed E-state index contributed by atoms with van der Waals surface area (Å²) < 4.78 is 0. The first kappa shape index (κ1) is 15.5. The molecule has 1 saturated carbocycles. The van der Waals surface area contributed by atoms with Gasteiger partial charge in [0, 0.05) is 24.7 Å². The molecule has 0 heterocycles. The van der Waals surface area contributed by atoms with Crippen molar-refractivity contribution in [1.82, 2.24) is 5.32 Å². The molecular formula is C17H28N2O. The van der Waals surface area contributed by atoms with Crippen LogP contribution >= 0.6 is 0 Å². The zero-order valence-electron chi connectivity index (χ0n) is 12.5. The quantitative estimate of drug-likeness (QED) is 0.715. The van der Waals surface area contributed by atoms with E-state index >= 15 is 0 Å². The Morgan fingerprint density at radius 2 is 2.05 bits per heavy atom. The van der Waals surface area contributed by atoms with Crippen LogP contribution in [0.1, 0.15) is 38.2 Å². The monoisotopic (exact) mass is 276 g/mol. The number of hydrogen-bond donors (Lipinski definition) is 3. The number of aliphatic hydroxyl groups excluding tert-OH is 1. The van der Waals surface area contributed by atoms with Crippen molar-refractivity contribution in [3.05, 3.63) is 35.9 Å². The molecule has 3 nitrogen and oxygen atoms in total. The third-order valence-electron chi connectivity index (χ3n) is 4.84. The highest BCUT2D eigenvalue weighted by Gasteiger charge is 2.34. The summed E-state index contributed by atoms with van der Waals surface area (Å²) >= 11 is 0. The number of hydrogen-bond acceptors (Lipinski definition) is 3. The van der Waals surface area contributed by atoms with E-state index in [0.717, 1.165) is 25.7 Å². The lowest BCUT2D eigenvalue weighted by atomic mass is 9.86. The topological polar surface area (TPSA) is 58.3 Å².